The molecule has 2 saturated heterocycles. The van der Waals surface area contributed by atoms with Crippen molar-refractivity contribution >= 4 is 17.5 Å². The summed E-state index contributed by atoms with van der Waals surface area (Å²) in [5, 5.41) is 0. The van der Waals surface area contributed by atoms with Crippen LogP contribution in [-0.2, 0) is 4.79 Å². The second-order valence-electron chi connectivity index (χ2n) is 10.3. The van der Waals surface area contributed by atoms with Crippen molar-refractivity contribution in [2.24, 2.45) is 11.3 Å². The Kier molecular flexibility index (Phi) is 7.70. The SMILES string of the molecule is CN(C)C(=O)c1ccc(N2CCC(CCN3CCN(CC(=O)C(C)(C)C)CC3)C2)nc1. The van der Waals surface area contributed by atoms with E-state index in [-0.39, 0.29) is 11.3 Å². The lowest BCUT2D eigenvalue weighted by atomic mass is 9.90. The minimum absolute atomic E-state index is 0.0128. The van der Waals surface area contributed by atoms with Crippen LogP contribution in [0.25, 0.3) is 0 Å². The van der Waals surface area contributed by atoms with Crippen molar-refractivity contribution in [3.8, 4) is 0 Å². The quantitative estimate of drug-likeness (QED) is 0.663. The number of carbonyl (C=O) groups is 2. The number of aromatic nitrogens is 1. The topological polar surface area (TPSA) is 60.0 Å². The van der Waals surface area contributed by atoms with E-state index in [0.29, 0.717) is 23.8 Å². The van der Waals surface area contributed by atoms with Crippen LogP contribution in [0.2, 0.25) is 0 Å². The van der Waals surface area contributed by atoms with Gasteiger partial charge in [-0.05, 0) is 37.4 Å². The molecule has 2 aliphatic rings. The van der Waals surface area contributed by atoms with Gasteiger partial charge in [-0.15, -0.1) is 0 Å². The van der Waals surface area contributed by atoms with Gasteiger partial charge in [0.1, 0.15) is 5.82 Å². The van der Waals surface area contributed by atoms with Crippen LogP contribution < -0.4 is 4.90 Å². The molecule has 2 aliphatic heterocycles. The van der Waals surface area contributed by atoms with Crippen molar-refractivity contribution in [3.05, 3.63) is 23.9 Å². The fourth-order valence-corrected chi connectivity index (χ4v) is 4.21. The summed E-state index contributed by atoms with van der Waals surface area (Å²) in [4.78, 5) is 37.6. The Morgan fingerprint density at radius 1 is 1.06 bits per heavy atom. The van der Waals surface area contributed by atoms with Gasteiger partial charge in [-0.3, -0.25) is 14.5 Å². The lowest BCUT2D eigenvalue weighted by Crippen LogP contribution is -2.49. The van der Waals surface area contributed by atoms with Crippen molar-refractivity contribution in [1.29, 1.82) is 0 Å². The number of nitrogens with zero attached hydrogens (tertiary/aromatic N) is 5. The number of hydrogen-bond acceptors (Lipinski definition) is 6. The molecule has 0 N–H and O–H groups in total. The molecule has 3 heterocycles. The predicted octanol–water partition coefficient (Wildman–Crippen LogP) is 2.23. The summed E-state index contributed by atoms with van der Waals surface area (Å²) in [7, 11) is 3.51. The summed E-state index contributed by atoms with van der Waals surface area (Å²) in [6.07, 6.45) is 4.09. The number of carbonyl (C=O) groups excluding carboxylic acids is 2. The van der Waals surface area contributed by atoms with Crippen LogP contribution in [0.4, 0.5) is 5.82 Å². The average Bonchev–Trinajstić information content (AvgIpc) is 3.21. The van der Waals surface area contributed by atoms with Crippen molar-refractivity contribution in [1.82, 2.24) is 19.7 Å². The van der Waals surface area contributed by atoms with E-state index >= 15 is 0 Å². The first-order chi connectivity index (χ1) is 14.6. The molecule has 0 bridgehead atoms. The number of hydrogen-bond donors (Lipinski definition) is 0. The Bertz CT molecular complexity index is 748. The number of piperazine rings is 1. The maximum atomic E-state index is 12.3. The van der Waals surface area contributed by atoms with E-state index in [9.17, 15) is 9.59 Å². The minimum atomic E-state index is -0.247. The zero-order chi connectivity index (χ0) is 22.6. The Hall–Kier alpha value is -1.99. The van der Waals surface area contributed by atoms with Gasteiger partial charge < -0.3 is 14.7 Å². The van der Waals surface area contributed by atoms with Crippen molar-refractivity contribution in [2.75, 3.05) is 71.4 Å². The van der Waals surface area contributed by atoms with Gasteiger partial charge in [0, 0.05) is 65.0 Å². The summed E-state index contributed by atoms with van der Waals surface area (Å²) in [6, 6.07) is 3.85. The van der Waals surface area contributed by atoms with E-state index in [4.69, 9.17) is 0 Å². The molecule has 7 nitrogen and oxygen atoms in total. The number of pyridine rings is 1. The highest BCUT2D eigenvalue weighted by molar-refractivity contribution is 5.93. The molecular weight excluding hydrogens is 390 g/mol. The molecule has 7 heteroatoms. The van der Waals surface area contributed by atoms with Crippen LogP contribution in [0.1, 0.15) is 44.0 Å². The van der Waals surface area contributed by atoms with Gasteiger partial charge in [0.2, 0.25) is 0 Å². The summed E-state index contributed by atoms with van der Waals surface area (Å²) < 4.78 is 0. The standard InChI is InChI=1S/C24H39N5O2/c1-24(2,3)21(30)18-28-14-12-27(13-15-28)10-8-19-9-11-29(17-19)22-7-6-20(16-25-22)23(31)26(4)5/h6-7,16,19H,8-15,17-18H2,1-5H3. The molecule has 0 aliphatic carbocycles. The van der Waals surface area contributed by atoms with E-state index < -0.39 is 0 Å². The number of Topliss-reactive ketones (excluding diaryl/α,β-unsaturated/α-hetero) is 1. The molecule has 0 radical (unpaired) electrons. The molecule has 31 heavy (non-hydrogen) atoms. The van der Waals surface area contributed by atoms with Crippen molar-refractivity contribution in [2.45, 2.75) is 33.6 Å². The fraction of sp³-hybridized carbons (Fsp3) is 0.708. The van der Waals surface area contributed by atoms with Gasteiger partial charge in [0.25, 0.3) is 5.91 Å². The Labute approximate surface area is 187 Å². The van der Waals surface area contributed by atoms with Crippen molar-refractivity contribution in [3.63, 3.8) is 0 Å². The molecule has 0 spiro atoms. The smallest absolute Gasteiger partial charge is 0.254 e. The summed E-state index contributed by atoms with van der Waals surface area (Å²) in [5.74, 6) is 1.97. The normalized spacial score (nSPS) is 20.8. The molecule has 1 aromatic heterocycles. The van der Waals surface area contributed by atoms with Crippen LogP contribution in [0.3, 0.4) is 0 Å². The molecule has 1 atom stereocenters. The van der Waals surface area contributed by atoms with Gasteiger partial charge in [0.15, 0.2) is 5.78 Å². The van der Waals surface area contributed by atoms with E-state index in [1.165, 1.54) is 12.8 Å². The van der Waals surface area contributed by atoms with E-state index in [1.54, 1.807) is 25.2 Å². The fourth-order valence-electron chi connectivity index (χ4n) is 4.21. The largest absolute Gasteiger partial charge is 0.356 e. The van der Waals surface area contributed by atoms with E-state index in [1.807, 2.05) is 32.9 Å². The first kappa shape index (κ1) is 23.7. The molecule has 3 rings (SSSR count). The highest BCUT2D eigenvalue weighted by Gasteiger charge is 2.27. The highest BCUT2D eigenvalue weighted by atomic mass is 16.2. The van der Waals surface area contributed by atoms with Gasteiger partial charge >= 0.3 is 0 Å². The van der Waals surface area contributed by atoms with Gasteiger partial charge in [-0.2, -0.15) is 0 Å². The van der Waals surface area contributed by atoms with Crippen LogP contribution >= 0.6 is 0 Å². The zero-order valence-electron chi connectivity index (χ0n) is 19.9. The third-order valence-electron chi connectivity index (χ3n) is 6.53. The number of anilines is 1. The summed E-state index contributed by atoms with van der Waals surface area (Å²) in [5.41, 5.74) is 0.385. The lowest BCUT2D eigenvalue weighted by Gasteiger charge is -2.35. The molecule has 1 unspecified atom stereocenters. The molecule has 172 valence electrons. The minimum Gasteiger partial charge on any atom is -0.356 e. The number of rotatable bonds is 7. The number of ketones is 1. The Balaban J connectivity index is 1.39. The second kappa shape index (κ2) is 10.1. The Morgan fingerprint density at radius 2 is 1.74 bits per heavy atom. The maximum absolute atomic E-state index is 12.3. The zero-order valence-corrected chi connectivity index (χ0v) is 19.9. The van der Waals surface area contributed by atoms with Gasteiger partial charge in [-0.1, -0.05) is 20.8 Å². The summed E-state index contributed by atoms with van der Waals surface area (Å²) in [6.45, 7) is 13.9. The first-order valence-corrected chi connectivity index (χ1v) is 11.5. The van der Waals surface area contributed by atoms with E-state index in [0.717, 1.165) is 51.6 Å². The second-order valence-corrected chi connectivity index (χ2v) is 10.3. The lowest BCUT2D eigenvalue weighted by molar-refractivity contribution is -0.127. The van der Waals surface area contributed by atoms with Crippen LogP contribution in [0.15, 0.2) is 18.3 Å². The van der Waals surface area contributed by atoms with Gasteiger partial charge in [0.05, 0.1) is 12.1 Å². The number of amides is 1. The van der Waals surface area contributed by atoms with Crippen LogP contribution in [-0.4, -0.2) is 97.8 Å². The van der Waals surface area contributed by atoms with E-state index in [2.05, 4.69) is 19.7 Å². The first-order valence-electron chi connectivity index (χ1n) is 11.5. The predicted molar refractivity (Wildman–Crippen MR) is 125 cm³/mol. The van der Waals surface area contributed by atoms with Gasteiger partial charge in [-0.25, -0.2) is 4.98 Å². The monoisotopic (exact) mass is 429 g/mol. The molecule has 1 amide bonds. The van der Waals surface area contributed by atoms with Crippen molar-refractivity contribution < 1.29 is 9.59 Å². The maximum Gasteiger partial charge on any atom is 0.254 e. The third-order valence-corrected chi connectivity index (χ3v) is 6.53. The Morgan fingerprint density at radius 3 is 2.32 bits per heavy atom. The third kappa shape index (κ3) is 6.50. The molecule has 0 saturated carbocycles. The molecule has 0 aromatic carbocycles. The van der Waals surface area contributed by atoms with Crippen LogP contribution in [0, 0.1) is 11.3 Å². The highest BCUT2D eigenvalue weighted by Crippen LogP contribution is 2.25. The summed E-state index contributed by atoms with van der Waals surface area (Å²) >= 11 is 0. The molecular formula is C24H39N5O2. The van der Waals surface area contributed by atoms with Crippen LogP contribution in [0.5, 0.6) is 0 Å². The molecule has 2 fully saturated rings. The average molecular weight is 430 g/mol. The molecule has 1 aromatic rings.